The van der Waals surface area contributed by atoms with Crippen LogP contribution in [-0.4, -0.2) is 12.6 Å². The van der Waals surface area contributed by atoms with Gasteiger partial charge in [0.25, 0.3) is 0 Å². The summed E-state index contributed by atoms with van der Waals surface area (Å²) < 4.78 is 2.40. The molecule has 0 radical (unpaired) electrons. The molecule has 3 heteroatoms. The number of benzene rings is 11. The molecule has 0 aliphatic carbocycles. The van der Waals surface area contributed by atoms with Crippen molar-refractivity contribution in [1.82, 2.24) is 4.57 Å². The molecule has 12 rings (SSSR count). The lowest BCUT2D eigenvalue weighted by atomic mass is 9.97. The Morgan fingerprint density at radius 2 is 0.836 bits per heavy atom. The van der Waals surface area contributed by atoms with E-state index < -0.39 is 8.07 Å². The van der Waals surface area contributed by atoms with E-state index in [9.17, 15) is 0 Å². The molecule has 1 aromatic heterocycles. The number of hydrogen-bond donors (Lipinski definition) is 0. The zero-order chi connectivity index (χ0) is 44.6. The molecule has 0 N–H and O–H groups in total. The Hall–Kier alpha value is -8.50. The van der Waals surface area contributed by atoms with E-state index in [4.69, 9.17) is 0 Å². The molecule has 0 aliphatic rings. The number of aromatic nitrogens is 1. The maximum Gasteiger partial charge on any atom is 0.179 e. The van der Waals surface area contributed by atoms with Gasteiger partial charge in [0.1, 0.15) is 0 Å². The Morgan fingerprint density at radius 3 is 1.54 bits per heavy atom. The lowest BCUT2D eigenvalue weighted by Gasteiger charge is -2.34. The summed E-state index contributed by atoms with van der Waals surface area (Å²) in [5.74, 6) is 0. The molecule has 12 aromatic rings. The fourth-order valence-corrected chi connectivity index (χ4v) is 15.4. The van der Waals surface area contributed by atoms with Crippen LogP contribution in [0.25, 0.3) is 60.5 Å². The molecule has 0 unspecified atom stereocenters. The third-order valence-electron chi connectivity index (χ3n) is 13.5. The second kappa shape index (κ2) is 17.1. The highest BCUT2D eigenvalue weighted by Crippen LogP contribution is 2.45. The second-order valence-electron chi connectivity index (χ2n) is 17.2. The molecular weight excluding hydrogens is 825 g/mol. The summed E-state index contributed by atoms with van der Waals surface area (Å²) in [6.07, 6.45) is 0. The fraction of sp³-hybridized carbons (Fsp3) is 0. The molecule has 2 nitrogen and oxygen atoms in total. The third kappa shape index (κ3) is 6.96. The van der Waals surface area contributed by atoms with Gasteiger partial charge in [-0.2, -0.15) is 0 Å². The van der Waals surface area contributed by atoms with E-state index in [1.165, 1.54) is 70.1 Å². The molecule has 1 heterocycles. The molecule has 0 atom stereocenters. The maximum absolute atomic E-state index is 2.71. The van der Waals surface area contributed by atoms with Crippen molar-refractivity contribution in [1.29, 1.82) is 0 Å². The lowest BCUT2D eigenvalue weighted by Crippen LogP contribution is -2.74. The van der Waals surface area contributed by atoms with Crippen molar-refractivity contribution in [3.8, 4) is 27.9 Å². The van der Waals surface area contributed by atoms with Gasteiger partial charge in [0.15, 0.2) is 8.07 Å². The van der Waals surface area contributed by atoms with Crippen molar-refractivity contribution in [3.63, 3.8) is 0 Å². The first kappa shape index (κ1) is 40.0. The van der Waals surface area contributed by atoms with Gasteiger partial charge in [0, 0.05) is 27.8 Å². The minimum Gasteiger partial charge on any atom is -0.310 e. The van der Waals surface area contributed by atoms with E-state index in [0.717, 1.165) is 28.3 Å². The van der Waals surface area contributed by atoms with Crippen molar-refractivity contribution >= 4 is 78.5 Å². The minimum absolute atomic E-state index is 1.08. The number of nitrogens with zero attached hydrogens (tertiary/aromatic N) is 2. The van der Waals surface area contributed by atoms with Gasteiger partial charge in [0.2, 0.25) is 0 Å². The largest absolute Gasteiger partial charge is 0.310 e. The van der Waals surface area contributed by atoms with Crippen LogP contribution in [0.2, 0.25) is 0 Å². The Morgan fingerprint density at radius 1 is 0.313 bits per heavy atom. The van der Waals surface area contributed by atoms with Crippen LogP contribution in [0.4, 0.5) is 17.1 Å². The molecule has 0 saturated heterocycles. The van der Waals surface area contributed by atoms with Crippen LogP contribution in [0.5, 0.6) is 0 Å². The summed E-state index contributed by atoms with van der Waals surface area (Å²) >= 11 is 0. The van der Waals surface area contributed by atoms with E-state index in [0.29, 0.717) is 0 Å². The number of para-hydroxylation sites is 2. The van der Waals surface area contributed by atoms with E-state index in [2.05, 4.69) is 289 Å². The fourth-order valence-electron chi connectivity index (χ4n) is 10.6. The van der Waals surface area contributed by atoms with Gasteiger partial charge in [-0.05, 0) is 108 Å². The summed E-state index contributed by atoms with van der Waals surface area (Å²) in [6.45, 7) is 0. The summed E-state index contributed by atoms with van der Waals surface area (Å²) in [5.41, 5.74) is 11.5. The van der Waals surface area contributed by atoms with Gasteiger partial charge in [-0.1, -0.05) is 224 Å². The van der Waals surface area contributed by atoms with E-state index >= 15 is 0 Å². The predicted molar refractivity (Wildman–Crippen MR) is 287 cm³/mol. The van der Waals surface area contributed by atoms with Crippen molar-refractivity contribution in [2.24, 2.45) is 0 Å². The molecule has 0 bridgehead atoms. The number of hydrogen-bond acceptors (Lipinski definition) is 1. The van der Waals surface area contributed by atoms with E-state index in [1.54, 1.807) is 0 Å². The maximum atomic E-state index is 2.46. The topological polar surface area (TPSA) is 8.17 Å². The highest BCUT2D eigenvalue weighted by molar-refractivity contribution is 7.19. The van der Waals surface area contributed by atoms with Gasteiger partial charge in [-0.15, -0.1) is 0 Å². The highest BCUT2D eigenvalue weighted by Gasteiger charge is 2.41. The smallest absolute Gasteiger partial charge is 0.179 e. The van der Waals surface area contributed by atoms with Gasteiger partial charge in [-0.25, -0.2) is 0 Å². The van der Waals surface area contributed by atoms with Gasteiger partial charge in [-0.3, -0.25) is 0 Å². The molecule has 0 spiro atoms. The van der Waals surface area contributed by atoms with Gasteiger partial charge < -0.3 is 9.47 Å². The van der Waals surface area contributed by atoms with Crippen LogP contribution in [0.3, 0.4) is 0 Å². The lowest BCUT2D eigenvalue weighted by molar-refractivity contribution is 1.18. The van der Waals surface area contributed by atoms with Crippen LogP contribution in [-0.2, 0) is 0 Å². The van der Waals surface area contributed by atoms with Crippen LogP contribution >= 0.6 is 0 Å². The average Bonchev–Trinajstić information content (AvgIpc) is 3.75. The summed E-state index contributed by atoms with van der Waals surface area (Å²) in [7, 11) is -2.71. The highest BCUT2D eigenvalue weighted by atomic mass is 28.3. The van der Waals surface area contributed by atoms with Gasteiger partial charge >= 0.3 is 0 Å². The van der Waals surface area contributed by atoms with Crippen molar-refractivity contribution in [2.45, 2.75) is 0 Å². The number of rotatable bonds is 10. The first-order valence-corrected chi connectivity index (χ1v) is 25.1. The Labute approximate surface area is 392 Å². The van der Waals surface area contributed by atoms with Crippen LogP contribution < -0.4 is 25.6 Å². The zero-order valence-corrected chi connectivity index (χ0v) is 38.0. The Kier molecular flexibility index (Phi) is 10.2. The molecule has 0 amide bonds. The normalized spacial score (nSPS) is 11.6. The van der Waals surface area contributed by atoms with E-state index in [-0.39, 0.29) is 0 Å². The molecule has 0 saturated carbocycles. The average molecular weight is 871 g/mol. The summed E-state index contributed by atoms with van der Waals surface area (Å²) in [4.78, 5) is 2.46. The molecule has 11 aromatic carbocycles. The van der Waals surface area contributed by atoms with Crippen molar-refractivity contribution < 1.29 is 0 Å². The summed E-state index contributed by atoms with van der Waals surface area (Å²) in [5, 5.41) is 10.3. The minimum atomic E-state index is -2.71. The molecule has 0 aliphatic heterocycles. The number of anilines is 3. The predicted octanol–water partition coefficient (Wildman–Crippen LogP) is 14.1. The first-order valence-electron chi connectivity index (χ1n) is 23.1. The van der Waals surface area contributed by atoms with Crippen LogP contribution in [0.1, 0.15) is 0 Å². The monoisotopic (exact) mass is 870 g/mol. The molecule has 316 valence electrons. The van der Waals surface area contributed by atoms with Crippen molar-refractivity contribution in [2.75, 3.05) is 4.90 Å². The SMILES string of the molecule is c1ccc(-n2c3ccccc3c3c(N(c4ccc(-c5cccc([Si](c6ccccc6)(c6ccccc6)c6ccccc6)c5)cc4)c4cccc(-c5cccc6ccccc56)c4)cccc32)cc1. The Bertz CT molecular complexity index is 3570. The van der Waals surface area contributed by atoms with Crippen LogP contribution in [0.15, 0.2) is 279 Å². The second-order valence-corrected chi connectivity index (χ2v) is 21.1. The first-order chi connectivity index (χ1) is 33.3. The summed E-state index contributed by atoms with van der Waals surface area (Å²) in [6, 6.07) is 103. The molecular formula is C64H46N2Si. The Balaban J connectivity index is 1.04. The number of fused-ring (bicyclic) bond motifs is 4. The van der Waals surface area contributed by atoms with Gasteiger partial charge in [0.05, 0.1) is 16.7 Å². The van der Waals surface area contributed by atoms with Crippen molar-refractivity contribution in [3.05, 3.63) is 279 Å². The standard InChI is InChI=1S/C64H46N2Si/c1-5-25-51(26-6-1)66-61-38-16-15-36-60(61)64-62(39-20-40-63(64)66)65(53-27-17-24-50(45-53)59-37-19-22-48-21-13-14-35-58(48)59)52-43-41-47(42-44-52)49-23-18-34-57(46-49)67(54-28-7-2-8-29-54,55-30-9-3-10-31-55)56-32-11-4-12-33-56/h1-46H. The van der Waals surface area contributed by atoms with E-state index in [1.807, 2.05) is 0 Å². The molecule has 0 fully saturated rings. The quantitative estimate of drug-likeness (QED) is 0.0982. The third-order valence-corrected chi connectivity index (χ3v) is 18.3. The van der Waals surface area contributed by atoms with Crippen LogP contribution in [0, 0.1) is 0 Å². The zero-order valence-electron chi connectivity index (χ0n) is 37.0. The molecule has 67 heavy (non-hydrogen) atoms.